The summed E-state index contributed by atoms with van der Waals surface area (Å²) in [5, 5.41) is 0. The predicted molar refractivity (Wildman–Crippen MR) is 79.7 cm³/mol. The Labute approximate surface area is 117 Å². The van der Waals surface area contributed by atoms with Crippen LogP contribution < -0.4 is 4.72 Å². The first kappa shape index (κ1) is 16.2. The van der Waals surface area contributed by atoms with Gasteiger partial charge >= 0.3 is 0 Å². The summed E-state index contributed by atoms with van der Waals surface area (Å²) in [7, 11) is -3.46. The van der Waals surface area contributed by atoms with Crippen molar-refractivity contribution < 1.29 is 8.42 Å². The van der Waals surface area contributed by atoms with Crippen molar-refractivity contribution in [2.45, 2.75) is 58.4 Å². The van der Waals surface area contributed by atoms with Crippen LogP contribution in [0.15, 0.2) is 29.2 Å². The van der Waals surface area contributed by atoms with E-state index in [2.05, 4.69) is 25.5 Å². The zero-order valence-corrected chi connectivity index (χ0v) is 13.6. The van der Waals surface area contributed by atoms with E-state index in [0.717, 1.165) is 12.0 Å². The monoisotopic (exact) mass is 283 g/mol. The molecule has 0 aliphatic heterocycles. The van der Waals surface area contributed by atoms with E-state index in [4.69, 9.17) is 0 Å². The Morgan fingerprint density at radius 3 is 2.16 bits per heavy atom. The van der Waals surface area contributed by atoms with E-state index in [0.29, 0.717) is 4.90 Å². The second kappa shape index (κ2) is 5.25. The summed E-state index contributed by atoms with van der Waals surface area (Å²) in [5.74, 6) is 0. The van der Waals surface area contributed by atoms with Crippen molar-refractivity contribution in [3.8, 4) is 0 Å². The maximum Gasteiger partial charge on any atom is 0.241 e. The minimum atomic E-state index is -3.46. The van der Waals surface area contributed by atoms with Gasteiger partial charge in [-0.2, -0.15) is 0 Å². The van der Waals surface area contributed by atoms with Gasteiger partial charge in [-0.25, -0.2) is 13.1 Å². The van der Waals surface area contributed by atoms with E-state index in [-0.39, 0.29) is 5.41 Å². The molecule has 0 fully saturated rings. The summed E-state index contributed by atoms with van der Waals surface area (Å²) < 4.78 is 27.6. The summed E-state index contributed by atoms with van der Waals surface area (Å²) in [4.78, 5) is 0.328. The molecule has 3 nitrogen and oxygen atoms in total. The van der Waals surface area contributed by atoms with Crippen LogP contribution in [0.25, 0.3) is 0 Å². The van der Waals surface area contributed by atoms with Crippen molar-refractivity contribution in [1.82, 2.24) is 4.72 Å². The van der Waals surface area contributed by atoms with Crippen molar-refractivity contribution in [3.05, 3.63) is 29.8 Å². The molecule has 19 heavy (non-hydrogen) atoms. The third-order valence-corrected chi connectivity index (χ3v) is 4.38. The molecule has 1 aromatic carbocycles. The first-order valence-corrected chi connectivity index (χ1v) is 8.00. The maximum absolute atomic E-state index is 12.4. The van der Waals surface area contributed by atoms with Crippen molar-refractivity contribution in [2.75, 3.05) is 0 Å². The molecule has 0 unspecified atom stereocenters. The average molecular weight is 283 g/mol. The van der Waals surface area contributed by atoms with Gasteiger partial charge < -0.3 is 0 Å². The van der Waals surface area contributed by atoms with Crippen molar-refractivity contribution in [3.63, 3.8) is 0 Å². The first-order chi connectivity index (χ1) is 8.41. The van der Waals surface area contributed by atoms with Gasteiger partial charge in [-0.15, -0.1) is 0 Å². The fraction of sp³-hybridized carbons (Fsp3) is 0.600. The molecule has 0 heterocycles. The highest BCUT2D eigenvalue weighted by molar-refractivity contribution is 7.89. The molecule has 1 N–H and O–H groups in total. The molecule has 4 heteroatoms. The summed E-state index contributed by atoms with van der Waals surface area (Å²) in [5.41, 5.74) is 0.538. The molecule has 1 rings (SSSR count). The van der Waals surface area contributed by atoms with Gasteiger partial charge in [0.2, 0.25) is 10.0 Å². The highest BCUT2D eigenvalue weighted by atomic mass is 32.2. The van der Waals surface area contributed by atoms with Gasteiger partial charge in [0, 0.05) is 5.54 Å². The van der Waals surface area contributed by atoms with Gasteiger partial charge in [0.25, 0.3) is 0 Å². The van der Waals surface area contributed by atoms with Crippen molar-refractivity contribution in [1.29, 1.82) is 0 Å². The third kappa shape index (κ3) is 5.33. The quantitative estimate of drug-likeness (QED) is 0.919. The van der Waals surface area contributed by atoms with Crippen LogP contribution >= 0.6 is 0 Å². The lowest BCUT2D eigenvalue weighted by molar-refractivity contribution is 0.269. The summed E-state index contributed by atoms with van der Waals surface area (Å²) in [6, 6.07) is 6.97. The van der Waals surface area contributed by atoms with E-state index in [1.165, 1.54) is 0 Å². The number of hydrogen-bond acceptors (Lipinski definition) is 2. The lowest BCUT2D eigenvalue weighted by Gasteiger charge is -2.33. The second-order valence-corrected chi connectivity index (χ2v) is 8.73. The molecule has 0 atom stereocenters. The van der Waals surface area contributed by atoms with Crippen LogP contribution in [0.4, 0.5) is 0 Å². The van der Waals surface area contributed by atoms with Crippen LogP contribution in [0.1, 0.15) is 46.6 Å². The molecule has 0 aliphatic rings. The second-order valence-electron chi connectivity index (χ2n) is 7.04. The van der Waals surface area contributed by atoms with Crippen molar-refractivity contribution >= 4 is 10.0 Å². The van der Waals surface area contributed by atoms with E-state index in [9.17, 15) is 8.42 Å². The fourth-order valence-electron chi connectivity index (χ4n) is 2.57. The maximum atomic E-state index is 12.4. The van der Waals surface area contributed by atoms with Crippen LogP contribution in [-0.2, 0) is 10.0 Å². The topological polar surface area (TPSA) is 46.2 Å². The first-order valence-electron chi connectivity index (χ1n) is 6.52. The largest absolute Gasteiger partial charge is 0.241 e. The number of hydrogen-bond donors (Lipinski definition) is 1. The number of nitrogens with one attached hydrogen (secondary N) is 1. The van der Waals surface area contributed by atoms with Crippen LogP contribution in [0.5, 0.6) is 0 Å². The number of benzene rings is 1. The van der Waals surface area contributed by atoms with E-state index in [1.54, 1.807) is 18.2 Å². The Kier molecular flexibility index (Phi) is 4.47. The highest BCUT2D eigenvalue weighted by Crippen LogP contribution is 2.28. The molecule has 0 bridgehead atoms. The Bertz CT molecular complexity index is 540. The Morgan fingerprint density at radius 1 is 1.11 bits per heavy atom. The average Bonchev–Trinajstić information content (AvgIpc) is 2.11. The standard InChI is InChI=1S/C15H25NO2S/c1-12-8-7-9-13(10-12)19(17,18)16-15(5,6)11-14(2,3)4/h7-10,16H,11H2,1-6H3. The van der Waals surface area contributed by atoms with E-state index >= 15 is 0 Å². The van der Waals surface area contributed by atoms with Crippen LogP contribution in [0, 0.1) is 12.3 Å². The minimum Gasteiger partial charge on any atom is -0.207 e. The van der Waals surface area contributed by atoms with Gasteiger partial charge in [-0.3, -0.25) is 0 Å². The van der Waals surface area contributed by atoms with Crippen molar-refractivity contribution in [2.24, 2.45) is 5.41 Å². The van der Waals surface area contributed by atoms with Gasteiger partial charge in [-0.1, -0.05) is 32.9 Å². The molecule has 0 saturated carbocycles. The smallest absolute Gasteiger partial charge is 0.207 e. The molecule has 0 aromatic heterocycles. The molecular formula is C15H25NO2S. The molecule has 108 valence electrons. The van der Waals surface area contributed by atoms with Gasteiger partial charge in [0.15, 0.2) is 0 Å². The Hall–Kier alpha value is -0.870. The zero-order chi connectivity index (χ0) is 14.9. The summed E-state index contributed by atoms with van der Waals surface area (Å²) >= 11 is 0. The lowest BCUT2D eigenvalue weighted by Crippen LogP contribution is -2.45. The Morgan fingerprint density at radius 2 is 1.68 bits per heavy atom. The SMILES string of the molecule is Cc1cccc(S(=O)(=O)NC(C)(C)CC(C)(C)C)c1. The molecule has 0 radical (unpaired) electrons. The fourth-order valence-corrected chi connectivity index (χ4v) is 4.08. The van der Waals surface area contributed by atoms with Gasteiger partial charge in [0.1, 0.15) is 0 Å². The van der Waals surface area contributed by atoms with Gasteiger partial charge in [-0.05, 0) is 50.3 Å². The Balaban J connectivity index is 2.97. The highest BCUT2D eigenvalue weighted by Gasteiger charge is 2.30. The van der Waals surface area contributed by atoms with Crippen LogP contribution in [0.2, 0.25) is 0 Å². The summed E-state index contributed by atoms with van der Waals surface area (Å²) in [6.07, 6.45) is 0.769. The van der Waals surface area contributed by atoms with Crippen LogP contribution in [0.3, 0.4) is 0 Å². The third-order valence-electron chi connectivity index (χ3n) is 2.68. The van der Waals surface area contributed by atoms with E-state index in [1.807, 2.05) is 26.8 Å². The molecule has 1 aromatic rings. The minimum absolute atomic E-state index is 0.0681. The zero-order valence-electron chi connectivity index (χ0n) is 12.7. The number of sulfonamides is 1. The lowest BCUT2D eigenvalue weighted by atomic mass is 9.82. The number of rotatable bonds is 4. The van der Waals surface area contributed by atoms with E-state index < -0.39 is 15.6 Å². The number of aryl methyl sites for hydroxylation is 1. The molecule has 0 amide bonds. The molecular weight excluding hydrogens is 258 g/mol. The summed E-state index contributed by atoms with van der Waals surface area (Å²) in [6.45, 7) is 12.1. The van der Waals surface area contributed by atoms with Gasteiger partial charge in [0.05, 0.1) is 4.90 Å². The molecule has 0 spiro atoms. The molecule has 0 saturated heterocycles. The van der Waals surface area contributed by atoms with Crippen LogP contribution in [-0.4, -0.2) is 14.0 Å². The normalized spacial score (nSPS) is 13.6. The predicted octanol–water partition coefficient (Wildman–Crippen LogP) is 3.49. The molecule has 0 aliphatic carbocycles.